The van der Waals surface area contributed by atoms with E-state index in [2.05, 4.69) is 0 Å². The fourth-order valence-electron chi connectivity index (χ4n) is 2.78. The first-order valence-corrected chi connectivity index (χ1v) is 7.99. The van der Waals surface area contributed by atoms with Crippen LogP contribution >= 0.6 is 0 Å². The number of rotatable bonds is 5. The number of carbonyl (C=O) groups is 1. The predicted octanol–water partition coefficient (Wildman–Crippen LogP) is 4.10. The molecule has 0 N–H and O–H groups in total. The van der Waals surface area contributed by atoms with Gasteiger partial charge in [0.1, 0.15) is 6.10 Å². The predicted molar refractivity (Wildman–Crippen MR) is 80.8 cm³/mol. The molecule has 0 aromatic heterocycles. The van der Waals surface area contributed by atoms with Crippen LogP contribution in [-0.2, 0) is 9.53 Å². The molecule has 1 saturated heterocycles. The number of hydrogen-bond acceptors (Lipinski definition) is 2. The minimum absolute atomic E-state index is 0.0184. The lowest BCUT2D eigenvalue weighted by Gasteiger charge is -2.32. The quantitative estimate of drug-likeness (QED) is 0.814. The van der Waals surface area contributed by atoms with Crippen LogP contribution in [0.4, 0.5) is 13.2 Å². The van der Waals surface area contributed by atoms with Crippen LogP contribution in [0.15, 0.2) is 30.3 Å². The van der Waals surface area contributed by atoms with Crippen molar-refractivity contribution in [2.24, 2.45) is 0 Å². The number of nitrogens with zero attached hydrogens (tertiary/aromatic N) is 1. The fraction of sp³-hybridized carbons (Fsp3) is 0.588. The summed E-state index contributed by atoms with van der Waals surface area (Å²) in [6.45, 7) is 2.87. The Kier molecular flexibility index (Phi) is 6.04. The second-order valence-corrected chi connectivity index (χ2v) is 5.75. The Morgan fingerprint density at radius 1 is 1.17 bits per heavy atom. The van der Waals surface area contributed by atoms with E-state index in [0.717, 1.165) is 19.3 Å². The minimum Gasteiger partial charge on any atom is -0.351 e. The number of ether oxygens (including phenoxy) is 1. The molecule has 1 heterocycles. The zero-order chi connectivity index (χ0) is 16.9. The Labute approximate surface area is 134 Å². The van der Waals surface area contributed by atoms with Crippen molar-refractivity contribution >= 4 is 5.91 Å². The molecule has 1 aliphatic rings. The first-order valence-electron chi connectivity index (χ1n) is 7.99. The van der Waals surface area contributed by atoms with Gasteiger partial charge in [-0.05, 0) is 31.2 Å². The summed E-state index contributed by atoms with van der Waals surface area (Å²) in [6, 6.07) is 7.45. The SMILES string of the molecule is CCC(OC(c1ccccc1)C(F)(F)F)C(=O)N1CCCCC1. The molecule has 0 aliphatic carbocycles. The molecular formula is C17H22F3NO2. The summed E-state index contributed by atoms with van der Waals surface area (Å²) in [7, 11) is 0. The lowest BCUT2D eigenvalue weighted by atomic mass is 10.1. The second-order valence-electron chi connectivity index (χ2n) is 5.75. The smallest absolute Gasteiger partial charge is 0.351 e. The highest BCUT2D eigenvalue weighted by Crippen LogP contribution is 2.37. The summed E-state index contributed by atoms with van der Waals surface area (Å²) in [5.74, 6) is -0.336. The third-order valence-corrected chi connectivity index (χ3v) is 4.01. The Bertz CT molecular complexity index is 498. The lowest BCUT2D eigenvalue weighted by molar-refractivity contribution is -0.237. The highest BCUT2D eigenvalue weighted by molar-refractivity contribution is 5.81. The Balaban J connectivity index is 2.14. The van der Waals surface area contributed by atoms with Crippen LogP contribution in [0.25, 0.3) is 0 Å². The van der Waals surface area contributed by atoms with Crippen LogP contribution in [0.5, 0.6) is 0 Å². The Hall–Kier alpha value is -1.56. The zero-order valence-electron chi connectivity index (χ0n) is 13.2. The van der Waals surface area contributed by atoms with E-state index in [4.69, 9.17) is 4.74 Å². The first kappa shape index (κ1) is 17.8. The molecule has 0 bridgehead atoms. The number of likely N-dealkylation sites (tertiary alicyclic amines) is 1. The maximum Gasteiger partial charge on any atom is 0.418 e. The maximum absolute atomic E-state index is 13.4. The van der Waals surface area contributed by atoms with Crippen molar-refractivity contribution in [3.05, 3.63) is 35.9 Å². The lowest BCUT2D eigenvalue weighted by Crippen LogP contribution is -2.44. The topological polar surface area (TPSA) is 29.5 Å². The normalized spacial score (nSPS) is 18.5. The number of hydrogen-bond donors (Lipinski definition) is 0. The van der Waals surface area contributed by atoms with Gasteiger partial charge in [-0.2, -0.15) is 13.2 Å². The van der Waals surface area contributed by atoms with Gasteiger partial charge in [-0.3, -0.25) is 4.79 Å². The second kappa shape index (κ2) is 7.81. The molecule has 1 fully saturated rings. The molecule has 2 atom stereocenters. The fourth-order valence-corrected chi connectivity index (χ4v) is 2.78. The molecule has 0 spiro atoms. The molecule has 1 aromatic rings. The number of benzene rings is 1. The molecule has 1 amide bonds. The van der Waals surface area contributed by atoms with Gasteiger partial charge >= 0.3 is 6.18 Å². The zero-order valence-corrected chi connectivity index (χ0v) is 13.2. The maximum atomic E-state index is 13.4. The van der Waals surface area contributed by atoms with Crippen LogP contribution in [0, 0.1) is 0 Å². The van der Waals surface area contributed by atoms with Crippen molar-refractivity contribution in [2.45, 2.75) is 51.0 Å². The number of alkyl halides is 3. The van der Waals surface area contributed by atoms with Crippen LogP contribution < -0.4 is 0 Å². The van der Waals surface area contributed by atoms with Crippen molar-refractivity contribution in [3.63, 3.8) is 0 Å². The summed E-state index contributed by atoms with van der Waals surface area (Å²) in [6.07, 6.45) is -4.66. The molecule has 2 rings (SSSR count). The van der Waals surface area contributed by atoms with Gasteiger partial charge in [0.05, 0.1) is 0 Å². The van der Waals surface area contributed by atoms with Crippen molar-refractivity contribution in [3.8, 4) is 0 Å². The average Bonchev–Trinajstić information content (AvgIpc) is 2.56. The molecule has 3 nitrogen and oxygen atoms in total. The van der Waals surface area contributed by atoms with Gasteiger partial charge < -0.3 is 9.64 Å². The summed E-state index contributed by atoms with van der Waals surface area (Å²) >= 11 is 0. The molecule has 128 valence electrons. The number of piperidine rings is 1. The number of halogens is 3. The third kappa shape index (κ3) is 4.70. The third-order valence-electron chi connectivity index (χ3n) is 4.01. The van der Waals surface area contributed by atoms with Gasteiger partial charge in [0.25, 0.3) is 5.91 Å². The van der Waals surface area contributed by atoms with E-state index >= 15 is 0 Å². The average molecular weight is 329 g/mol. The van der Waals surface area contributed by atoms with E-state index in [1.807, 2.05) is 0 Å². The van der Waals surface area contributed by atoms with Crippen LogP contribution in [-0.4, -0.2) is 36.2 Å². The van der Waals surface area contributed by atoms with Crippen molar-refractivity contribution in [1.82, 2.24) is 4.90 Å². The monoisotopic (exact) mass is 329 g/mol. The molecule has 1 aromatic carbocycles. The first-order chi connectivity index (χ1) is 10.9. The standard InChI is InChI=1S/C17H22F3NO2/c1-2-14(16(22)21-11-7-4-8-12-21)23-15(17(18,19)20)13-9-5-3-6-10-13/h3,5-6,9-10,14-15H,2,4,7-8,11-12H2,1H3. The van der Waals surface area contributed by atoms with E-state index in [1.165, 1.54) is 24.3 Å². The highest BCUT2D eigenvalue weighted by Gasteiger charge is 2.44. The molecular weight excluding hydrogens is 307 g/mol. The van der Waals surface area contributed by atoms with E-state index in [9.17, 15) is 18.0 Å². The van der Waals surface area contributed by atoms with Gasteiger partial charge in [0.2, 0.25) is 0 Å². The van der Waals surface area contributed by atoms with Gasteiger partial charge in [0.15, 0.2) is 6.10 Å². The van der Waals surface area contributed by atoms with Gasteiger partial charge in [-0.25, -0.2) is 0 Å². The van der Waals surface area contributed by atoms with Crippen LogP contribution in [0.3, 0.4) is 0 Å². The summed E-state index contributed by atoms with van der Waals surface area (Å²) in [4.78, 5) is 14.1. The van der Waals surface area contributed by atoms with E-state index in [0.29, 0.717) is 13.1 Å². The van der Waals surface area contributed by atoms with Crippen LogP contribution in [0.1, 0.15) is 44.3 Å². The minimum atomic E-state index is -4.56. The Morgan fingerprint density at radius 2 is 1.78 bits per heavy atom. The van der Waals surface area contributed by atoms with Gasteiger partial charge in [-0.1, -0.05) is 37.3 Å². The number of amides is 1. The molecule has 0 saturated carbocycles. The van der Waals surface area contributed by atoms with E-state index < -0.39 is 18.4 Å². The Morgan fingerprint density at radius 3 is 2.30 bits per heavy atom. The summed E-state index contributed by atoms with van der Waals surface area (Å²) in [5.41, 5.74) is 0.0184. The molecule has 1 aliphatic heterocycles. The van der Waals surface area contributed by atoms with Gasteiger partial charge in [0, 0.05) is 13.1 Å². The largest absolute Gasteiger partial charge is 0.418 e. The molecule has 6 heteroatoms. The van der Waals surface area contributed by atoms with E-state index in [-0.39, 0.29) is 17.9 Å². The van der Waals surface area contributed by atoms with Crippen LogP contribution in [0.2, 0.25) is 0 Å². The molecule has 2 unspecified atom stereocenters. The molecule has 0 radical (unpaired) electrons. The molecule has 23 heavy (non-hydrogen) atoms. The highest BCUT2D eigenvalue weighted by atomic mass is 19.4. The van der Waals surface area contributed by atoms with Crippen molar-refractivity contribution in [1.29, 1.82) is 0 Å². The van der Waals surface area contributed by atoms with E-state index in [1.54, 1.807) is 17.9 Å². The summed E-state index contributed by atoms with van der Waals surface area (Å²) in [5, 5.41) is 0. The van der Waals surface area contributed by atoms with Crippen molar-refractivity contribution in [2.75, 3.05) is 13.1 Å². The summed E-state index contributed by atoms with van der Waals surface area (Å²) < 4.78 is 45.3. The van der Waals surface area contributed by atoms with Gasteiger partial charge in [-0.15, -0.1) is 0 Å². The number of carbonyl (C=O) groups excluding carboxylic acids is 1. The van der Waals surface area contributed by atoms with Crippen molar-refractivity contribution < 1.29 is 22.7 Å².